The summed E-state index contributed by atoms with van der Waals surface area (Å²) in [4.78, 5) is 36.0. The zero-order valence-corrected chi connectivity index (χ0v) is 23.1. The number of hydrogen-bond donors (Lipinski definition) is 2. The van der Waals surface area contributed by atoms with E-state index in [1.807, 2.05) is 72.8 Å². The summed E-state index contributed by atoms with van der Waals surface area (Å²) in [6.45, 7) is 0. The number of carbonyl (C=O) groups is 2. The predicted octanol–water partition coefficient (Wildman–Crippen LogP) is 9.35. The number of aromatic carboxylic acids is 1. The standard InChI is InChI=1S/C19H12O3.C18H12O4.2CH4/c20-17-15-10-13-8-4-5-9-14(13)11-16(15)22-19(18(17)21)12-6-2-1-3-7-12;19-17(20)15-10-13-8-4-5-9-14(13)11-16(15)22-18(21)12-6-2-1-3-7-12;;/h1-11,21H;1-11H,(H,19,20);2*1H4. The maximum absolute atomic E-state index is 12.5. The van der Waals surface area contributed by atoms with Crippen LogP contribution < -0.4 is 10.2 Å². The van der Waals surface area contributed by atoms with E-state index in [-0.39, 0.29) is 37.7 Å². The predicted molar refractivity (Wildman–Crippen MR) is 183 cm³/mol. The van der Waals surface area contributed by atoms with E-state index in [0.717, 1.165) is 21.5 Å². The zero-order chi connectivity index (χ0) is 30.6. The quantitative estimate of drug-likeness (QED) is 0.116. The van der Waals surface area contributed by atoms with Crippen LogP contribution in [0.3, 0.4) is 0 Å². The lowest BCUT2D eigenvalue weighted by Crippen LogP contribution is -2.11. The van der Waals surface area contributed by atoms with Gasteiger partial charge in [-0.15, -0.1) is 0 Å². The molecule has 46 heavy (non-hydrogen) atoms. The summed E-state index contributed by atoms with van der Waals surface area (Å²) in [5, 5.41) is 23.4. The smallest absolute Gasteiger partial charge is 0.343 e. The van der Waals surface area contributed by atoms with Crippen molar-refractivity contribution in [3.05, 3.63) is 155 Å². The van der Waals surface area contributed by atoms with Crippen LogP contribution in [0, 0.1) is 0 Å². The topological polar surface area (TPSA) is 114 Å². The van der Waals surface area contributed by atoms with Gasteiger partial charge in [0, 0.05) is 5.56 Å². The molecule has 7 heteroatoms. The highest BCUT2D eigenvalue weighted by molar-refractivity contribution is 6.00. The van der Waals surface area contributed by atoms with Gasteiger partial charge < -0.3 is 19.4 Å². The van der Waals surface area contributed by atoms with Gasteiger partial charge >= 0.3 is 11.9 Å². The zero-order valence-electron chi connectivity index (χ0n) is 23.1. The van der Waals surface area contributed by atoms with Crippen molar-refractivity contribution in [3.63, 3.8) is 0 Å². The van der Waals surface area contributed by atoms with Crippen LogP contribution >= 0.6 is 0 Å². The highest BCUT2D eigenvalue weighted by atomic mass is 16.5. The van der Waals surface area contributed by atoms with E-state index in [2.05, 4.69) is 0 Å². The molecule has 1 aromatic heterocycles. The van der Waals surface area contributed by atoms with Gasteiger partial charge in [0.15, 0.2) is 5.76 Å². The van der Waals surface area contributed by atoms with Crippen LogP contribution in [0.1, 0.15) is 35.6 Å². The number of ether oxygens (including phenoxy) is 1. The summed E-state index contributed by atoms with van der Waals surface area (Å²) in [7, 11) is 0. The molecule has 0 spiro atoms. The highest BCUT2D eigenvalue weighted by Crippen LogP contribution is 2.31. The number of rotatable bonds is 4. The first-order valence-electron chi connectivity index (χ1n) is 13.7. The number of aromatic hydroxyl groups is 1. The monoisotopic (exact) mass is 612 g/mol. The van der Waals surface area contributed by atoms with E-state index in [0.29, 0.717) is 22.1 Å². The van der Waals surface area contributed by atoms with Crippen LogP contribution in [0.4, 0.5) is 0 Å². The van der Waals surface area contributed by atoms with Crippen LogP contribution in [-0.2, 0) is 0 Å². The Hall–Kier alpha value is -6.21. The van der Waals surface area contributed by atoms with Crippen LogP contribution in [0.5, 0.6) is 11.5 Å². The molecule has 1 heterocycles. The van der Waals surface area contributed by atoms with Gasteiger partial charge in [-0.2, -0.15) is 0 Å². The highest BCUT2D eigenvalue weighted by Gasteiger charge is 2.17. The Balaban J connectivity index is 0.000000200. The van der Waals surface area contributed by atoms with Crippen molar-refractivity contribution in [1.29, 1.82) is 0 Å². The van der Waals surface area contributed by atoms with Gasteiger partial charge in [-0.3, -0.25) is 4.79 Å². The molecule has 7 nitrogen and oxygen atoms in total. The minimum absolute atomic E-state index is 0. The lowest BCUT2D eigenvalue weighted by atomic mass is 10.1. The van der Waals surface area contributed by atoms with Gasteiger partial charge in [0.25, 0.3) is 0 Å². The summed E-state index contributed by atoms with van der Waals surface area (Å²) in [6.07, 6.45) is 0. The van der Waals surface area contributed by atoms with Gasteiger partial charge in [-0.25, -0.2) is 9.59 Å². The molecule has 2 N–H and O–H groups in total. The number of carboxylic acids is 1. The molecule has 0 aliphatic carbocycles. The lowest BCUT2D eigenvalue weighted by Gasteiger charge is -2.09. The van der Waals surface area contributed by atoms with Crippen molar-refractivity contribution in [3.8, 4) is 22.8 Å². The molecule has 7 rings (SSSR count). The summed E-state index contributed by atoms with van der Waals surface area (Å²) < 4.78 is 11.1. The molecule has 0 unspecified atom stereocenters. The Morgan fingerprint density at radius 1 is 0.630 bits per heavy atom. The van der Waals surface area contributed by atoms with Crippen LogP contribution in [-0.4, -0.2) is 22.2 Å². The third kappa shape index (κ3) is 6.64. The van der Waals surface area contributed by atoms with E-state index in [9.17, 15) is 24.6 Å². The summed E-state index contributed by atoms with van der Waals surface area (Å²) in [5.74, 6) is -1.83. The Labute approximate surface area is 265 Å². The largest absolute Gasteiger partial charge is 0.502 e. The fourth-order valence-electron chi connectivity index (χ4n) is 4.86. The number of fused-ring (bicyclic) bond motifs is 3. The number of carbonyl (C=O) groups excluding carboxylic acids is 1. The van der Waals surface area contributed by atoms with E-state index >= 15 is 0 Å². The third-order valence-corrected chi connectivity index (χ3v) is 7.06. The molecular formula is C39H32O7. The van der Waals surface area contributed by atoms with E-state index < -0.39 is 17.4 Å². The first-order valence-corrected chi connectivity index (χ1v) is 13.7. The average Bonchev–Trinajstić information content (AvgIpc) is 3.06. The summed E-state index contributed by atoms with van der Waals surface area (Å²) in [6, 6.07) is 39.3. The number of benzene rings is 6. The Kier molecular flexibility index (Phi) is 9.99. The molecule has 0 saturated carbocycles. The Morgan fingerprint density at radius 3 is 1.72 bits per heavy atom. The van der Waals surface area contributed by atoms with Gasteiger partial charge in [0.2, 0.25) is 11.2 Å². The molecule has 7 aromatic rings. The van der Waals surface area contributed by atoms with Gasteiger partial charge in [0.1, 0.15) is 16.9 Å². The maximum Gasteiger partial charge on any atom is 0.343 e. The Bertz CT molecular complexity index is 2220. The van der Waals surface area contributed by atoms with Gasteiger partial charge in [-0.05, 0) is 57.9 Å². The molecular weight excluding hydrogens is 580 g/mol. The molecule has 0 radical (unpaired) electrons. The lowest BCUT2D eigenvalue weighted by molar-refractivity contribution is 0.0681. The molecule has 0 atom stereocenters. The second-order valence-corrected chi connectivity index (χ2v) is 9.93. The van der Waals surface area contributed by atoms with E-state index in [1.165, 1.54) is 6.07 Å². The number of hydrogen-bond acceptors (Lipinski definition) is 6. The number of carboxylic acid groups (broad SMARTS) is 1. The molecule has 0 bridgehead atoms. The molecule has 0 aliphatic heterocycles. The maximum atomic E-state index is 12.5. The average molecular weight is 613 g/mol. The number of esters is 1. The molecule has 0 aliphatic rings. The molecule has 0 fully saturated rings. The van der Waals surface area contributed by atoms with E-state index in [4.69, 9.17) is 9.15 Å². The summed E-state index contributed by atoms with van der Waals surface area (Å²) in [5.41, 5.74) is 1.06. The van der Waals surface area contributed by atoms with Crippen molar-refractivity contribution in [2.24, 2.45) is 0 Å². The van der Waals surface area contributed by atoms with Crippen LogP contribution in [0.2, 0.25) is 0 Å². The van der Waals surface area contributed by atoms with E-state index in [1.54, 1.807) is 54.6 Å². The first-order chi connectivity index (χ1) is 21.4. The third-order valence-electron chi connectivity index (χ3n) is 7.06. The SMILES string of the molecule is C.C.O=C(Oc1cc2ccccc2cc1C(=O)O)c1ccccc1.O=c1c(O)c(-c2ccccc2)oc2cc3ccccc3cc12. The molecule has 0 saturated heterocycles. The van der Waals surface area contributed by atoms with Gasteiger partial charge in [0.05, 0.1) is 10.9 Å². The molecule has 0 amide bonds. The molecule has 6 aromatic carbocycles. The first kappa shape index (κ1) is 32.7. The van der Waals surface area contributed by atoms with Crippen LogP contribution in [0.25, 0.3) is 43.8 Å². The van der Waals surface area contributed by atoms with Crippen LogP contribution in [0.15, 0.2) is 143 Å². The normalized spacial score (nSPS) is 10.3. The van der Waals surface area contributed by atoms with Crippen molar-refractivity contribution in [1.82, 2.24) is 0 Å². The fraction of sp³-hybridized carbons (Fsp3) is 0.0513. The second-order valence-electron chi connectivity index (χ2n) is 9.93. The summed E-state index contributed by atoms with van der Waals surface area (Å²) >= 11 is 0. The van der Waals surface area contributed by atoms with Gasteiger partial charge in [-0.1, -0.05) is 112 Å². The van der Waals surface area contributed by atoms with Crippen molar-refractivity contribution in [2.75, 3.05) is 0 Å². The molecule has 230 valence electrons. The van der Waals surface area contributed by atoms with Crippen molar-refractivity contribution >= 4 is 44.5 Å². The van der Waals surface area contributed by atoms with Crippen molar-refractivity contribution < 1.29 is 29.0 Å². The minimum atomic E-state index is -1.14. The van der Waals surface area contributed by atoms with Crippen molar-refractivity contribution in [2.45, 2.75) is 14.9 Å². The minimum Gasteiger partial charge on any atom is -0.502 e. The second kappa shape index (κ2) is 14.1. The Morgan fingerprint density at radius 2 is 1.13 bits per heavy atom. The fourth-order valence-corrected chi connectivity index (χ4v) is 4.86.